The van der Waals surface area contributed by atoms with Crippen LogP contribution in [0.1, 0.15) is 11.1 Å². The van der Waals surface area contributed by atoms with Crippen molar-refractivity contribution in [3.05, 3.63) is 47.5 Å². The van der Waals surface area contributed by atoms with E-state index in [-0.39, 0.29) is 22.6 Å². The van der Waals surface area contributed by atoms with E-state index < -0.39 is 5.97 Å². The molecule has 0 aromatic heterocycles. The van der Waals surface area contributed by atoms with Crippen molar-refractivity contribution in [2.24, 2.45) is 0 Å². The predicted octanol–water partition coefficient (Wildman–Crippen LogP) is 2.74. The Morgan fingerprint density at radius 2 is 1.70 bits per heavy atom. The van der Waals surface area contributed by atoms with Crippen molar-refractivity contribution in [2.45, 2.75) is 0 Å². The van der Waals surface area contributed by atoms with Crippen molar-refractivity contribution >= 4 is 17.6 Å². The molecule has 2 aromatic carbocycles. The second-order valence-electron chi connectivity index (χ2n) is 4.68. The molecule has 0 unspecified atom stereocenters. The first-order valence-electron chi connectivity index (χ1n) is 6.65. The molecular weight excluding hydrogens is 300 g/mol. The van der Waals surface area contributed by atoms with Crippen LogP contribution in [0.25, 0.3) is 11.6 Å². The highest BCUT2D eigenvalue weighted by atomic mass is 16.5. The van der Waals surface area contributed by atoms with Crippen molar-refractivity contribution in [3.8, 4) is 23.0 Å². The van der Waals surface area contributed by atoms with Gasteiger partial charge in [0.25, 0.3) is 0 Å². The van der Waals surface area contributed by atoms with Crippen molar-refractivity contribution in [1.82, 2.24) is 0 Å². The van der Waals surface area contributed by atoms with E-state index >= 15 is 0 Å². The van der Waals surface area contributed by atoms with Gasteiger partial charge in [-0.05, 0) is 35.9 Å². The summed E-state index contributed by atoms with van der Waals surface area (Å²) in [5.74, 6) is -0.614. The SMILES string of the molecule is COc1ccc(/C(=C/c2ccc(O)cc2O)C(=O)O)cc1OC. The maximum Gasteiger partial charge on any atom is 0.336 e. The van der Waals surface area contributed by atoms with Crippen LogP contribution >= 0.6 is 0 Å². The lowest BCUT2D eigenvalue weighted by Crippen LogP contribution is -2.01. The summed E-state index contributed by atoms with van der Waals surface area (Å²) in [6.07, 6.45) is 1.32. The molecule has 120 valence electrons. The summed E-state index contributed by atoms with van der Waals surface area (Å²) in [5, 5.41) is 28.6. The van der Waals surface area contributed by atoms with Crippen LogP contribution < -0.4 is 9.47 Å². The van der Waals surface area contributed by atoms with Gasteiger partial charge in [0, 0.05) is 11.6 Å². The van der Waals surface area contributed by atoms with E-state index in [0.717, 1.165) is 6.07 Å². The van der Waals surface area contributed by atoms with Gasteiger partial charge in [-0.2, -0.15) is 0 Å². The molecule has 6 heteroatoms. The third kappa shape index (κ3) is 3.55. The number of carbonyl (C=O) groups is 1. The normalized spacial score (nSPS) is 11.1. The second kappa shape index (κ2) is 6.74. The average molecular weight is 316 g/mol. The van der Waals surface area contributed by atoms with Crippen molar-refractivity contribution in [3.63, 3.8) is 0 Å². The fraction of sp³-hybridized carbons (Fsp3) is 0.118. The van der Waals surface area contributed by atoms with Gasteiger partial charge in [0.05, 0.1) is 19.8 Å². The lowest BCUT2D eigenvalue weighted by atomic mass is 10.0. The molecular formula is C17H16O6. The average Bonchev–Trinajstić information content (AvgIpc) is 2.53. The highest BCUT2D eigenvalue weighted by Crippen LogP contribution is 2.32. The van der Waals surface area contributed by atoms with Gasteiger partial charge in [0.2, 0.25) is 0 Å². The molecule has 2 rings (SSSR count). The van der Waals surface area contributed by atoms with Crippen LogP contribution in [0.5, 0.6) is 23.0 Å². The van der Waals surface area contributed by atoms with Crippen LogP contribution in [0.3, 0.4) is 0 Å². The summed E-state index contributed by atoms with van der Waals surface area (Å²) in [6, 6.07) is 8.64. The fourth-order valence-corrected chi connectivity index (χ4v) is 2.08. The third-order valence-electron chi connectivity index (χ3n) is 3.24. The number of hydrogen-bond acceptors (Lipinski definition) is 5. The Balaban J connectivity index is 2.54. The van der Waals surface area contributed by atoms with Crippen LogP contribution in [0.15, 0.2) is 36.4 Å². The first-order valence-corrected chi connectivity index (χ1v) is 6.65. The lowest BCUT2D eigenvalue weighted by molar-refractivity contribution is -0.130. The van der Waals surface area contributed by atoms with Gasteiger partial charge in [-0.25, -0.2) is 4.79 Å². The van der Waals surface area contributed by atoms with E-state index in [1.165, 1.54) is 38.5 Å². The largest absolute Gasteiger partial charge is 0.508 e. The maximum atomic E-state index is 11.6. The summed E-state index contributed by atoms with van der Waals surface area (Å²) >= 11 is 0. The minimum atomic E-state index is -1.16. The summed E-state index contributed by atoms with van der Waals surface area (Å²) in [5.41, 5.74) is 0.629. The van der Waals surface area contributed by atoms with Crippen LogP contribution in [0.4, 0.5) is 0 Å². The topological polar surface area (TPSA) is 96.2 Å². The van der Waals surface area contributed by atoms with Gasteiger partial charge < -0.3 is 24.8 Å². The molecule has 0 bridgehead atoms. The smallest absolute Gasteiger partial charge is 0.336 e. The van der Waals surface area contributed by atoms with Crippen LogP contribution in [0.2, 0.25) is 0 Å². The number of carboxylic acids is 1. The number of ether oxygens (including phenoxy) is 2. The van der Waals surface area contributed by atoms with Crippen molar-refractivity contribution in [1.29, 1.82) is 0 Å². The van der Waals surface area contributed by atoms with Crippen LogP contribution in [-0.4, -0.2) is 35.5 Å². The number of aliphatic carboxylic acids is 1. The predicted molar refractivity (Wildman–Crippen MR) is 84.8 cm³/mol. The zero-order valence-corrected chi connectivity index (χ0v) is 12.6. The van der Waals surface area contributed by atoms with Crippen LogP contribution in [0, 0.1) is 0 Å². The molecule has 0 spiro atoms. The third-order valence-corrected chi connectivity index (χ3v) is 3.24. The Hall–Kier alpha value is -3.15. The molecule has 0 saturated heterocycles. The quantitative estimate of drug-likeness (QED) is 0.580. The van der Waals surface area contributed by atoms with Gasteiger partial charge in [-0.1, -0.05) is 6.07 Å². The molecule has 0 aliphatic rings. The van der Waals surface area contributed by atoms with E-state index in [1.807, 2.05) is 0 Å². The fourth-order valence-electron chi connectivity index (χ4n) is 2.08. The number of benzene rings is 2. The lowest BCUT2D eigenvalue weighted by Gasteiger charge is -2.10. The number of aromatic hydroxyl groups is 2. The molecule has 0 aliphatic carbocycles. The number of phenolic OH excluding ortho intramolecular Hbond substituents is 2. The zero-order valence-electron chi connectivity index (χ0n) is 12.6. The number of methoxy groups -OCH3 is 2. The highest BCUT2D eigenvalue weighted by Gasteiger charge is 2.15. The maximum absolute atomic E-state index is 11.6. The first-order chi connectivity index (χ1) is 11.0. The first kappa shape index (κ1) is 16.2. The number of hydrogen-bond donors (Lipinski definition) is 3. The molecule has 3 N–H and O–H groups in total. The zero-order chi connectivity index (χ0) is 17.0. The number of phenols is 2. The Labute approximate surface area is 132 Å². The molecule has 0 aliphatic heterocycles. The van der Waals surface area contributed by atoms with Gasteiger partial charge in [0.1, 0.15) is 11.5 Å². The Morgan fingerprint density at radius 1 is 1.00 bits per heavy atom. The molecule has 0 heterocycles. The van der Waals surface area contributed by atoms with Gasteiger partial charge in [-0.15, -0.1) is 0 Å². The number of carboxylic acid groups (broad SMARTS) is 1. The van der Waals surface area contributed by atoms with E-state index in [1.54, 1.807) is 12.1 Å². The molecule has 0 amide bonds. The summed E-state index contributed by atoms with van der Waals surface area (Å²) in [6.45, 7) is 0. The summed E-state index contributed by atoms with van der Waals surface area (Å²) in [4.78, 5) is 11.6. The standard InChI is InChI=1S/C17H16O6/c1-22-15-6-4-10(8-16(15)23-2)13(17(20)21)7-11-3-5-12(18)9-14(11)19/h3-9,18-19H,1-2H3,(H,20,21)/b13-7-. The van der Waals surface area contributed by atoms with Gasteiger partial charge in [0.15, 0.2) is 11.5 Å². The summed E-state index contributed by atoms with van der Waals surface area (Å²) < 4.78 is 10.3. The Bertz CT molecular complexity index is 764. The van der Waals surface area contributed by atoms with Crippen molar-refractivity contribution in [2.75, 3.05) is 14.2 Å². The molecule has 0 fully saturated rings. The highest BCUT2D eigenvalue weighted by molar-refractivity contribution is 6.21. The van der Waals surface area contributed by atoms with Crippen molar-refractivity contribution < 1.29 is 29.6 Å². The molecule has 0 saturated carbocycles. The van der Waals surface area contributed by atoms with E-state index in [4.69, 9.17) is 9.47 Å². The molecule has 0 atom stereocenters. The minimum Gasteiger partial charge on any atom is -0.508 e. The Morgan fingerprint density at radius 3 is 2.26 bits per heavy atom. The molecule has 2 aromatic rings. The van der Waals surface area contributed by atoms with Crippen LogP contribution in [-0.2, 0) is 4.79 Å². The van der Waals surface area contributed by atoms with Gasteiger partial charge in [-0.3, -0.25) is 0 Å². The molecule has 6 nitrogen and oxygen atoms in total. The van der Waals surface area contributed by atoms with Gasteiger partial charge >= 0.3 is 5.97 Å². The second-order valence-corrected chi connectivity index (χ2v) is 4.68. The summed E-state index contributed by atoms with van der Waals surface area (Å²) in [7, 11) is 2.94. The molecule has 23 heavy (non-hydrogen) atoms. The van der Waals surface area contributed by atoms with E-state index in [0.29, 0.717) is 17.1 Å². The monoisotopic (exact) mass is 316 g/mol. The number of rotatable bonds is 5. The van der Waals surface area contributed by atoms with E-state index in [9.17, 15) is 20.1 Å². The minimum absolute atomic E-state index is 0.0352. The Kier molecular flexibility index (Phi) is 4.75. The molecule has 0 radical (unpaired) electrons. The van der Waals surface area contributed by atoms with E-state index in [2.05, 4.69) is 0 Å².